The highest BCUT2D eigenvalue weighted by Crippen LogP contribution is 2.35. The van der Waals surface area contributed by atoms with E-state index in [1.807, 2.05) is 36.4 Å². The number of hydrogen-bond donors (Lipinski definition) is 6. The minimum atomic E-state index is -2.32. The number of thioether (sulfide) groups is 1. The van der Waals surface area contributed by atoms with E-state index in [0.717, 1.165) is 23.3 Å². The van der Waals surface area contributed by atoms with Gasteiger partial charge in [0.15, 0.2) is 0 Å². The number of hydrogen-bond acceptors (Lipinski definition) is 8. The van der Waals surface area contributed by atoms with E-state index in [1.165, 1.54) is 11.8 Å². The van der Waals surface area contributed by atoms with E-state index in [9.17, 15) is 30.0 Å². The molecule has 2 amide bonds. The third-order valence-electron chi connectivity index (χ3n) is 6.37. The molecule has 5 rings (SSSR count). The van der Waals surface area contributed by atoms with Crippen molar-refractivity contribution in [1.29, 1.82) is 0 Å². The Bertz CT molecular complexity index is 1060. The molecule has 3 saturated heterocycles. The van der Waals surface area contributed by atoms with Crippen molar-refractivity contribution in [3.05, 3.63) is 48.0 Å². The zero-order valence-corrected chi connectivity index (χ0v) is 19.0. The van der Waals surface area contributed by atoms with Crippen molar-refractivity contribution in [3.63, 3.8) is 0 Å². The molecule has 2 bridgehead atoms. The van der Waals surface area contributed by atoms with E-state index in [0.29, 0.717) is 11.5 Å². The molecule has 3 fully saturated rings. The molecule has 6 N–H and O–H groups in total. The van der Waals surface area contributed by atoms with Gasteiger partial charge >= 0.3 is 0 Å². The zero-order valence-electron chi connectivity index (χ0n) is 18.2. The van der Waals surface area contributed by atoms with Gasteiger partial charge in [-0.05, 0) is 29.7 Å². The summed E-state index contributed by atoms with van der Waals surface area (Å²) in [7, 11) is 0. The van der Waals surface area contributed by atoms with Gasteiger partial charge in [0.2, 0.25) is 5.72 Å². The highest BCUT2D eigenvalue weighted by molar-refractivity contribution is 7.98. The van der Waals surface area contributed by atoms with Crippen LogP contribution >= 0.6 is 11.8 Å². The number of carbonyl (C=O) groups excluding carboxylic acids is 2. The first kappa shape index (κ1) is 23.9. The fourth-order valence-corrected chi connectivity index (χ4v) is 5.48. The van der Waals surface area contributed by atoms with Crippen molar-refractivity contribution in [3.8, 4) is 0 Å². The van der Waals surface area contributed by atoms with Gasteiger partial charge in [-0.25, -0.2) is 0 Å². The van der Waals surface area contributed by atoms with Gasteiger partial charge in [-0.1, -0.05) is 42.5 Å². The van der Waals surface area contributed by atoms with Gasteiger partial charge in [-0.2, -0.15) is 11.8 Å². The molecule has 5 atom stereocenters. The average molecular weight is 477 g/mol. The standard InChI is InChI=1S/C23H28N2O7S/c1-21(30,13-26)18(27)23-20(29)24-22(31,19(28)25-23)17(8-9-32-23)12-33-11-14-6-7-15-4-2-3-5-16(15)10-14/h2-7,10,17-18,26-27,30-31H,8-9,11-13H2,1H3,(H,24,29)(H,25,28)/t17?,18-,21-,22+,23-/m0/s1. The van der Waals surface area contributed by atoms with Crippen LogP contribution in [-0.4, -0.2) is 74.4 Å². The minimum Gasteiger partial charge on any atom is -0.393 e. The molecule has 0 aromatic heterocycles. The SMILES string of the molecule is C[C@](O)(CO)[C@H](O)[C@@]12NC(=O)[C@@](O)(NC1=O)C(CSCc1ccc3ccccc3c1)CCO2. The lowest BCUT2D eigenvalue weighted by Gasteiger charge is -2.51. The third-order valence-corrected chi connectivity index (χ3v) is 7.55. The predicted molar refractivity (Wildman–Crippen MR) is 122 cm³/mol. The fraction of sp³-hybridized carbons (Fsp3) is 0.478. The van der Waals surface area contributed by atoms with Crippen LogP contribution in [0.25, 0.3) is 10.8 Å². The number of benzene rings is 2. The van der Waals surface area contributed by atoms with Gasteiger partial charge < -0.3 is 35.8 Å². The maximum atomic E-state index is 12.9. The van der Waals surface area contributed by atoms with Gasteiger partial charge in [-0.15, -0.1) is 0 Å². The molecule has 0 spiro atoms. The summed E-state index contributed by atoms with van der Waals surface area (Å²) in [6.45, 7) is 0.178. The van der Waals surface area contributed by atoms with Gasteiger partial charge in [-0.3, -0.25) is 9.59 Å². The molecule has 178 valence electrons. The molecule has 9 nitrogen and oxygen atoms in total. The van der Waals surface area contributed by atoms with Gasteiger partial charge in [0.05, 0.1) is 13.2 Å². The third kappa shape index (κ3) is 4.23. The Morgan fingerprint density at radius 3 is 2.64 bits per heavy atom. The number of amides is 2. The molecule has 0 saturated carbocycles. The van der Waals surface area contributed by atoms with E-state index >= 15 is 0 Å². The van der Waals surface area contributed by atoms with Crippen LogP contribution in [0.5, 0.6) is 0 Å². The largest absolute Gasteiger partial charge is 0.393 e. The Labute approximate surface area is 195 Å². The van der Waals surface area contributed by atoms with Crippen LogP contribution < -0.4 is 10.6 Å². The first-order valence-corrected chi connectivity index (χ1v) is 11.9. The molecular weight excluding hydrogens is 448 g/mol. The number of aliphatic hydroxyl groups excluding tert-OH is 2. The first-order valence-electron chi connectivity index (χ1n) is 10.7. The Morgan fingerprint density at radius 2 is 1.91 bits per heavy atom. The molecule has 2 aromatic carbocycles. The number of ether oxygens (including phenoxy) is 1. The Kier molecular flexibility index (Phi) is 6.43. The minimum absolute atomic E-state index is 0.0597. The summed E-state index contributed by atoms with van der Waals surface area (Å²) < 4.78 is 5.59. The Balaban J connectivity index is 1.47. The topological polar surface area (TPSA) is 148 Å². The maximum Gasteiger partial charge on any atom is 0.278 e. The number of piperazine rings is 1. The molecule has 10 heteroatoms. The number of aliphatic hydroxyl groups is 4. The van der Waals surface area contributed by atoms with Crippen LogP contribution in [0.3, 0.4) is 0 Å². The Morgan fingerprint density at radius 1 is 1.18 bits per heavy atom. The lowest BCUT2D eigenvalue weighted by Crippen LogP contribution is -2.83. The molecule has 3 aliphatic rings. The summed E-state index contributed by atoms with van der Waals surface area (Å²) in [6.07, 6.45) is -1.74. The zero-order chi connectivity index (χ0) is 23.9. The highest BCUT2D eigenvalue weighted by Gasteiger charge is 2.64. The van der Waals surface area contributed by atoms with E-state index < -0.39 is 47.5 Å². The lowest BCUT2D eigenvalue weighted by molar-refractivity contribution is -0.240. The molecule has 0 radical (unpaired) electrons. The number of fused-ring (bicyclic) bond motifs is 6. The van der Waals surface area contributed by atoms with Crippen LogP contribution in [0.15, 0.2) is 42.5 Å². The van der Waals surface area contributed by atoms with Gasteiger partial charge in [0.1, 0.15) is 11.7 Å². The monoisotopic (exact) mass is 476 g/mol. The van der Waals surface area contributed by atoms with E-state index in [-0.39, 0.29) is 13.0 Å². The Hall–Kier alpha value is -2.21. The van der Waals surface area contributed by atoms with Crippen LogP contribution in [0.2, 0.25) is 0 Å². The summed E-state index contributed by atoms with van der Waals surface area (Å²) >= 11 is 1.52. The summed E-state index contributed by atoms with van der Waals surface area (Å²) in [5.74, 6) is -1.57. The number of carbonyl (C=O) groups is 2. The van der Waals surface area contributed by atoms with E-state index in [1.54, 1.807) is 0 Å². The molecule has 2 aromatic rings. The lowest BCUT2D eigenvalue weighted by atomic mass is 9.83. The molecule has 0 aliphatic carbocycles. The van der Waals surface area contributed by atoms with Crippen molar-refractivity contribution >= 4 is 34.3 Å². The second kappa shape index (κ2) is 8.86. The van der Waals surface area contributed by atoms with Crippen LogP contribution in [0.4, 0.5) is 0 Å². The van der Waals surface area contributed by atoms with Crippen LogP contribution in [0, 0.1) is 5.92 Å². The summed E-state index contributed by atoms with van der Waals surface area (Å²) in [4.78, 5) is 25.8. The molecule has 3 heterocycles. The summed E-state index contributed by atoms with van der Waals surface area (Å²) in [5, 5.41) is 48.2. The summed E-state index contributed by atoms with van der Waals surface area (Å²) in [5.41, 5.74) is -5.54. The fourth-order valence-electron chi connectivity index (χ4n) is 4.25. The average Bonchev–Trinajstić information content (AvgIpc) is 2.79. The van der Waals surface area contributed by atoms with Crippen molar-refractivity contribution in [2.45, 2.75) is 42.3 Å². The van der Waals surface area contributed by atoms with Crippen molar-refractivity contribution in [2.75, 3.05) is 19.0 Å². The number of nitrogens with one attached hydrogen (secondary N) is 2. The van der Waals surface area contributed by atoms with E-state index in [4.69, 9.17) is 4.74 Å². The second-order valence-corrected chi connectivity index (χ2v) is 9.89. The maximum absolute atomic E-state index is 12.9. The quantitative estimate of drug-likeness (QED) is 0.323. The predicted octanol–water partition coefficient (Wildman–Crippen LogP) is -0.155. The number of rotatable bonds is 7. The van der Waals surface area contributed by atoms with Crippen molar-refractivity contribution < 1.29 is 34.8 Å². The first-order chi connectivity index (χ1) is 15.6. The summed E-state index contributed by atoms with van der Waals surface area (Å²) in [6, 6.07) is 14.2. The van der Waals surface area contributed by atoms with Crippen molar-refractivity contribution in [1.82, 2.24) is 10.6 Å². The van der Waals surface area contributed by atoms with Crippen LogP contribution in [-0.2, 0) is 20.1 Å². The molecule has 33 heavy (non-hydrogen) atoms. The van der Waals surface area contributed by atoms with Crippen molar-refractivity contribution in [2.24, 2.45) is 5.92 Å². The highest BCUT2D eigenvalue weighted by atomic mass is 32.2. The van der Waals surface area contributed by atoms with E-state index in [2.05, 4.69) is 16.7 Å². The van der Waals surface area contributed by atoms with Gasteiger partial charge in [0.25, 0.3) is 17.5 Å². The molecule has 3 aliphatic heterocycles. The smallest absolute Gasteiger partial charge is 0.278 e. The normalized spacial score (nSPS) is 30.2. The molecule has 1 unspecified atom stereocenters. The van der Waals surface area contributed by atoms with Crippen LogP contribution in [0.1, 0.15) is 18.9 Å². The van der Waals surface area contributed by atoms with Gasteiger partial charge in [0, 0.05) is 17.4 Å². The second-order valence-electron chi connectivity index (χ2n) is 8.86. The molecular formula is C23H28N2O7S.